The number of pyridine rings is 1. The Hall–Kier alpha value is -1.68. The summed E-state index contributed by atoms with van der Waals surface area (Å²) >= 11 is 3.40. The molecule has 2 aromatic rings. The van der Waals surface area contributed by atoms with E-state index in [1.807, 2.05) is 25.1 Å². The predicted molar refractivity (Wildman–Crippen MR) is 71.1 cm³/mol. The summed E-state index contributed by atoms with van der Waals surface area (Å²) in [5.74, 6) is -0.157. The molecule has 1 heterocycles. The molecule has 0 spiro atoms. The quantitative estimate of drug-likeness (QED) is 0.921. The van der Waals surface area contributed by atoms with E-state index in [2.05, 4.69) is 26.2 Å². The number of hydrogen-bond donors (Lipinski definition) is 1. The van der Waals surface area contributed by atoms with Gasteiger partial charge in [0.05, 0.1) is 5.56 Å². The summed E-state index contributed by atoms with van der Waals surface area (Å²) in [5.41, 5.74) is 2.40. The molecule has 0 radical (unpaired) electrons. The Labute approximate surface area is 108 Å². The lowest BCUT2D eigenvalue weighted by Crippen LogP contribution is -2.12. The average molecular weight is 291 g/mol. The Morgan fingerprint density at radius 1 is 1.35 bits per heavy atom. The van der Waals surface area contributed by atoms with Crippen LogP contribution in [-0.4, -0.2) is 10.9 Å². The zero-order chi connectivity index (χ0) is 12.3. The van der Waals surface area contributed by atoms with E-state index in [1.54, 1.807) is 24.5 Å². The molecule has 86 valence electrons. The van der Waals surface area contributed by atoms with Crippen molar-refractivity contribution in [2.24, 2.45) is 0 Å². The van der Waals surface area contributed by atoms with Gasteiger partial charge in [-0.15, -0.1) is 0 Å². The van der Waals surface area contributed by atoms with E-state index in [0.717, 1.165) is 15.7 Å². The zero-order valence-electron chi connectivity index (χ0n) is 9.27. The van der Waals surface area contributed by atoms with Crippen molar-refractivity contribution in [1.29, 1.82) is 0 Å². The Bertz CT molecular complexity index is 520. The van der Waals surface area contributed by atoms with Crippen LogP contribution < -0.4 is 5.32 Å². The molecule has 3 nitrogen and oxygen atoms in total. The van der Waals surface area contributed by atoms with Crippen LogP contribution >= 0.6 is 15.9 Å². The Morgan fingerprint density at radius 2 is 2.18 bits per heavy atom. The Morgan fingerprint density at radius 3 is 2.82 bits per heavy atom. The monoisotopic (exact) mass is 290 g/mol. The molecule has 17 heavy (non-hydrogen) atoms. The Kier molecular flexibility index (Phi) is 3.54. The third-order valence-corrected chi connectivity index (χ3v) is 2.68. The van der Waals surface area contributed by atoms with Gasteiger partial charge in [0.2, 0.25) is 0 Å². The molecular formula is C13H11BrN2O. The number of aromatic nitrogens is 1. The topological polar surface area (TPSA) is 42.0 Å². The van der Waals surface area contributed by atoms with Gasteiger partial charge in [0.1, 0.15) is 0 Å². The van der Waals surface area contributed by atoms with Crippen LogP contribution in [0, 0.1) is 6.92 Å². The van der Waals surface area contributed by atoms with Crippen molar-refractivity contribution in [3.8, 4) is 0 Å². The van der Waals surface area contributed by atoms with E-state index in [-0.39, 0.29) is 5.91 Å². The molecule has 1 aromatic carbocycles. The summed E-state index contributed by atoms with van der Waals surface area (Å²) in [6, 6.07) is 9.23. The number of hydrogen-bond acceptors (Lipinski definition) is 2. The van der Waals surface area contributed by atoms with Crippen LogP contribution in [0.3, 0.4) is 0 Å². The second-order valence-corrected chi connectivity index (χ2v) is 4.63. The summed E-state index contributed by atoms with van der Waals surface area (Å²) in [6.45, 7) is 1.98. The van der Waals surface area contributed by atoms with Crippen LogP contribution in [0.15, 0.2) is 47.2 Å². The van der Waals surface area contributed by atoms with Crippen molar-refractivity contribution in [3.63, 3.8) is 0 Å². The zero-order valence-corrected chi connectivity index (χ0v) is 10.9. The second kappa shape index (κ2) is 5.10. The number of benzene rings is 1. The summed E-state index contributed by atoms with van der Waals surface area (Å²) in [5, 5.41) is 2.83. The van der Waals surface area contributed by atoms with Gasteiger partial charge in [-0.1, -0.05) is 15.9 Å². The number of carbonyl (C=O) groups excluding carboxylic acids is 1. The largest absolute Gasteiger partial charge is 0.322 e. The maximum Gasteiger partial charge on any atom is 0.257 e. The molecule has 0 unspecified atom stereocenters. The third kappa shape index (κ3) is 3.14. The lowest BCUT2D eigenvalue weighted by molar-refractivity contribution is 0.102. The number of nitrogens with one attached hydrogen (secondary N) is 1. The molecule has 0 aliphatic heterocycles. The number of amides is 1. The Balaban J connectivity index is 2.19. The minimum atomic E-state index is -0.157. The average Bonchev–Trinajstić information content (AvgIpc) is 2.28. The fourth-order valence-electron chi connectivity index (χ4n) is 1.51. The fourth-order valence-corrected chi connectivity index (χ4v) is 2.12. The van der Waals surface area contributed by atoms with E-state index >= 15 is 0 Å². The van der Waals surface area contributed by atoms with Gasteiger partial charge in [0.15, 0.2) is 0 Å². The van der Waals surface area contributed by atoms with Gasteiger partial charge in [0, 0.05) is 22.6 Å². The van der Waals surface area contributed by atoms with Gasteiger partial charge in [-0.05, 0) is 42.8 Å². The van der Waals surface area contributed by atoms with Crippen LogP contribution in [-0.2, 0) is 0 Å². The van der Waals surface area contributed by atoms with Crippen molar-refractivity contribution >= 4 is 27.5 Å². The SMILES string of the molecule is Cc1cc(Br)cc(NC(=O)c2cccnc2)c1. The first-order valence-corrected chi connectivity index (χ1v) is 5.93. The minimum Gasteiger partial charge on any atom is -0.322 e. The van der Waals surface area contributed by atoms with E-state index in [9.17, 15) is 4.79 Å². The first-order valence-electron chi connectivity index (χ1n) is 5.14. The number of halogens is 1. The number of carbonyl (C=O) groups is 1. The van der Waals surface area contributed by atoms with Gasteiger partial charge in [0.25, 0.3) is 5.91 Å². The first-order chi connectivity index (χ1) is 8.15. The van der Waals surface area contributed by atoms with Crippen molar-refractivity contribution < 1.29 is 4.79 Å². The highest BCUT2D eigenvalue weighted by atomic mass is 79.9. The maximum absolute atomic E-state index is 11.9. The van der Waals surface area contributed by atoms with E-state index < -0.39 is 0 Å². The normalized spacial score (nSPS) is 10.0. The van der Waals surface area contributed by atoms with Gasteiger partial charge in [-0.2, -0.15) is 0 Å². The molecule has 1 aromatic heterocycles. The molecule has 1 N–H and O–H groups in total. The van der Waals surface area contributed by atoms with Gasteiger partial charge < -0.3 is 5.32 Å². The fraction of sp³-hybridized carbons (Fsp3) is 0.0769. The highest BCUT2D eigenvalue weighted by molar-refractivity contribution is 9.10. The molecular weight excluding hydrogens is 280 g/mol. The van der Waals surface area contributed by atoms with Crippen LogP contribution in [0.2, 0.25) is 0 Å². The van der Waals surface area contributed by atoms with Crippen LogP contribution in [0.25, 0.3) is 0 Å². The molecule has 0 aliphatic rings. The number of nitrogens with zero attached hydrogens (tertiary/aromatic N) is 1. The molecule has 0 saturated carbocycles. The third-order valence-electron chi connectivity index (χ3n) is 2.22. The molecule has 0 fully saturated rings. The smallest absolute Gasteiger partial charge is 0.257 e. The molecule has 0 atom stereocenters. The van der Waals surface area contributed by atoms with Crippen LogP contribution in [0.4, 0.5) is 5.69 Å². The van der Waals surface area contributed by atoms with Crippen LogP contribution in [0.5, 0.6) is 0 Å². The predicted octanol–water partition coefficient (Wildman–Crippen LogP) is 3.40. The van der Waals surface area contributed by atoms with E-state index in [4.69, 9.17) is 0 Å². The van der Waals surface area contributed by atoms with Crippen molar-refractivity contribution in [1.82, 2.24) is 4.98 Å². The van der Waals surface area contributed by atoms with Crippen molar-refractivity contribution in [2.45, 2.75) is 6.92 Å². The standard InChI is InChI=1S/C13H11BrN2O/c1-9-5-11(14)7-12(6-9)16-13(17)10-3-2-4-15-8-10/h2-8H,1H3,(H,16,17). The number of rotatable bonds is 2. The highest BCUT2D eigenvalue weighted by Gasteiger charge is 2.06. The summed E-state index contributed by atoms with van der Waals surface area (Å²) in [4.78, 5) is 15.8. The molecule has 4 heteroatoms. The first kappa shape index (κ1) is 11.8. The molecule has 0 bridgehead atoms. The number of anilines is 1. The lowest BCUT2D eigenvalue weighted by Gasteiger charge is -2.06. The van der Waals surface area contributed by atoms with Gasteiger partial charge >= 0.3 is 0 Å². The minimum absolute atomic E-state index is 0.157. The lowest BCUT2D eigenvalue weighted by atomic mass is 10.2. The van der Waals surface area contributed by atoms with Crippen molar-refractivity contribution in [2.75, 3.05) is 5.32 Å². The number of aryl methyl sites for hydroxylation is 1. The van der Waals surface area contributed by atoms with Gasteiger partial charge in [-0.3, -0.25) is 9.78 Å². The second-order valence-electron chi connectivity index (χ2n) is 3.71. The van der Waals surface area contributed by atoms with Crippen molar-refractivity contribution in [3.05, 3.63) is 58.3 Å². The molecule has 1 amide bonds. The molecule has 0 saturated heterocycles. The van der Waals surface area contributed by atoms with Crippen LogP contribution in [0.1, 0.15) is 15.9 Å². The summed E-state index contributed by atoms with van der Waals surface area (Å²) in [6.07, 6.45) is 3.18. The van der Waals surface area contributed by atoms with Gasteiger partial charge in [-0.25, -0.2) is 0 Å². The molecule has 0 aliphatic carbocycles. The highest BCUT2D eigenvalue weighted by Crippen LogP contribution is 2.19. The van der Waals surface area contributed by atoms with E-state index in [1.165, 1.54) is 0 Å². The molecule has 2 rings (SSSR count). The summed E-state index contributed by atoms with van der Waals surface area (Å²) in [7, 11) is 0. The summed E-state index contributed by atoms with van der Waals surface area (Å²) < 4.78 is 0.944. The van der Waals surface area contributed by atoms with E-state index in [0.29, 0.717) is 5.56 Å². The maximum atomic E-state index is 11.9.